The molecule has 0 unspecified atom stereocenters. The molecule has 9 heteroatoms. The smallest absolute Gasteiger partial charge is 0.271 e. The Balaban J connectivity index is 0.00000200. The number of amides is 2. The number of carbonyl (C=O) groups is 2. The van der Waals surface area contributed by atoms with E-state index in [2.05, 4.69) is 15.6 Å². The van der Waals surface area contributed by atoms with Gasteiger partial charge in [-0.25, -0.2) is 4.98 Å². The maximum atomic E-state index is 12.0. The van der Waals surface area contributed by atoms with Gasteiger partial charge in [-0.3, -0.25) is 9.59 Å². The van der Waals surface area contributed by atoms with Crippen molar-refractivity contribution in [1.29, 1.82) is 0 Å². The molecule has 1 saturated carbocycles. The Hall–Kier alpha value is -0.890. The molecule has 1 aliphatic carbocycles. The van der Waals surface area contributed by atoms with E-state index >= 15 is 0 Å². The maximum absolute atomic E-state index is 12.0. The molecule has 1 aromatic rings. The van der Waals surface area contributed by atoms with Crippen LogP contribution in [-0.4, -0.2) is 28.9 Å². The van der Waals surface area contributed by atoms with E-state index in [1.165, 1.54) is 18.3 Å². The summed E-state index contributed by atoms with van der Waals surface area (Å²) in [5.74, 6) is -0.379. The van der Waals surface area contributed by atoms with Gasteiger partial charge in [-0.05, 0) is 25.7 Å². The first-order chi connectivity index (χ1) is 9.04. The van der Waals surface area contributed by atoms with Gasteiger partial charge in [0.05, 0.1) is 0 Å². The molecule has 0 saturated heterocycles. The van der Waals surface area contributed by atoms with Crippen LogP contribution in [-0.2, 0) is 4.79 Å². The van der Waals surface area contributed by atoms with Gasteiger partial charge in [0.25, 0.3) is 5.91 Å². The van der Waals surface area contributed by atoms with Crippen LogP contribution in [0.2, 0.25) is 0 Å². The maximum Gasteiger partial charge on any atom is 0.271 e. The third kappa shape index (κ3) is 6.17. The normalized spacial score (nSPS) is 20.7. The monoisotopic (exact) mass is 354 g/mol. The molecular formula is C12H20Cl2N4O2S. The highest BCUT2D eigenvalue weighted by molar-refractivity contribution is 7.14. The number of nitrogens with zero attached hydrogens (tertiary/aromatic N) is 1. The van der Waals surface area contributed by atoms with Gasteiger partial charge < -0.3 is 16.4 Å². The average molecular weight is 355 g/mol. The number of aromatic nitrogens is 1. The van der Waals surface area contributed by atoms with Crippen LogP contribution in [0, 0.1) is 0 Å². The first-order valence-corrected chi connectivity index (χ1v) is 7.22. The van der Waals surface area contributed by atoms with Crippen LogP contribution in [0.1, 0.15) is 43.1 Å². The summed E-state index contributed by atoms with van der Waals surface area (Å²) >= 11 is 1.24. The fourth-order valence-electron chi connectivity index (χ4n) is 2.11. The van der Waals surface area contributed by atoms with Crippen molar-refractivity contribution in [1.82, 2.24) is 10.3 Å². The van der Waals surface area contributed by atoms with Gasteiger partial charge in [-0.15, -0.1) is 36.2 Å². The Morgan fingerprint density at radius 1 is 1.29 bits per heavy atom. The quantitative estimate of drug-likeness (QED) is 0.772. The molecule has 1 aromatic heterocycles. The van der Waals surface area contributed by atoms with Gasteiger partial charge in [-0.2, -0.15) is 0 Å². The molecule has 0 spiro atoms. The summed E-state index contributed by atoms with van der Waals surface area (Å²) in [5.41, 5.74) is 6.18. The number of nitrogens with one attached hydrogen (secondary N) is 2. The predicted molar refractivity (Wildman–Crippen MR) is 88.6 cm³/mol. The number of carbonyl (C=O) groups excluding carboxylic acids is 2. The Bertz CT molecular complexity index is 476. The van der Waals surface area contributed by atoms with Crippen LogP contribution in [0.15, 0.2) is 5.38 Å². The van der Waals surface area contributed by atoms with Crippen molar-refractivity contribution < 1.29 is 9.59 Å². The molecule has 2 rings (SSSR count). The molecule has 0 bridgehead atoms. The zero-order valence-electron chi connectivity index (χ0n) is 11.6. The van der Waals surface area contributed by atoms with E-state index in [0.29, 0.717) is 10.8 Å². The molecule has 0 aliphatic heterocycles. The highest BCUT2D eigenvalue weighted by Gasteiger charge is 2.21. The summed E-state index contributed by atoms with van der Waals surface area (Å²) in [6, 6.07) is 0.442. The van der Waals surface area contributed by atoms with E-state index in [0.717, 1.165) is 25.7 Å². The van der Waals surface area contributed by atoms with E-state index in [1.807, 2.05) is 0 Å². The number of hydrogen-bond acceptors (Lipinski definition) is 5. The van der Waals surface area contributed by atoms with E-state index < -0.39 is 0 Å². The molecule has 2 amide bonds. The van der Waals surface area contributed by atoms with Gasteiger partial charge in [0.1, 0.15) is 5.69 Å². The number of hydrogen-bond donors (Lipinski definition) is 3. The van der Waals surface area contributed by atoms with Crippen molar-refractivity contribution >= 4 is 53.1 Å². The van der Waals surface area contributed by atoms with Crippen molar-refractivity contribution in [2.75, 3.05) is 5.32 Å². The highest BCUT2D eigenvalue weighted by Crippen LogP contribution is 2.19. The van der Waals surface area contributed by atoms with E-state index in [4.69, 9.17) is 5.73 Å². The fourth-order valence-corrected chi connectivity index (χ4v) is 2.85. The summed E-state index contributed by atoms with van der Waals surface area (Å²) in [4.78, 5) is 26.9. The molecule has 6 nitrogen and oxygen atoms in total. The number of anilines is 1. The molecule has 1 heterocycles. The zero-order chi connectivity index (χ0) is 13.8. The second-order valence-electron chi connectivity index (χ2n) is 4.80. The van der Waals surface area contributed by atoms with E-state index in [9.17, 15) is 9.59 Å². The molecule has 0 aromatic carbocycles. The molecule has 0 radical (unpaired) electrons. The lowest BCUT2D eigenvalue weighted by Crippen LogP contribution is -2.40. The van der Waals surface area contributed by atoms with Crippen LogP contribution >= 0.6 is 36.2 Å². The third-order valence-corrected chi connectivity index (χ3v) is 3.88. The Morgan fingerprint density at radius 3 is 2.48 bits per heavy atom. The van der Waals surface area contributed by atoms with E-state index in [1.54, 1.807) is 5.38 Å². The Morgan fingerprint density at radius 2 is 1.90 bits per heavy atom. The van der Waals surface area contributed by atoms with Crippen molar-refractivity contribution in [3.05, 3.63) is 11.1 Å². The lowest BCUT2D eigenvalue weighted by Gasteiger charge is -2.26. The van der Waals surface area contributed by atoms with Gasteiger partial charge >= 0.3 is 0 Å². The largest absolute Gasteiger partial charge is 0.348 e. The number of rotatable bonds is 3. The van der Waals surface area contributed by atoms with Gasteiger partial charge in [0.2, 0.25) is 5.91 Å². The van der Waals surface area contributed by atoms with Crippen LogP contribution < -0.4 is 16.4 Å². The minimum Gasteiger partial charge on any atom is -0.348 e. The average Bonchev–Trinajstić information content (AvgIpc) is 2.80. The third-order valence-electron chi connectivity index (χ3n) is 3.13. The standard InChI is InChI=1S/C12H18N4O2S.2ClH/c1-7(17)14-12-16-10(6-19-12)11(18)15-9-4-2-8(13)3-5-9;;/h6,8-9H,2-5,13H2,1H3,(H,15,18)(H,14,16,17);2*1H. The fraction of sp³-hybridized carbons (Fsp3) is 0.583. The summed E-state index contributed by atoms with van der Waals surface area (Å²) in [5, 5.41) is 7.62. The van der Waals surface area contributed by atoms with Crippen LogP contribution in [0.3, 0.4) is 0 Å². The number of halogens is 2. The summed E-state index contributed by atoms with van der Waals surface area (Å²) in [7, 11) is 0. The molecule has 1 fully saturated rings. The van der Waals surface area contributed by atoms with Crippen LogP contribution in [0.25, 0.3) is 0 Å². The lowest BCUT2D eigenvalue weighted by atomic mass is 9.92. The van der Waals surface area contributed by atoms with E-state index in [-0.39, 0.29) is 48.7 Å². The molecular weight excluding hydrogens is 335 g/mol. The Labute approximate surface area is 140 Å². The molecule has 0 atom stereocenters. The minimum absolute atomic E-state index is 0. The molecule has 21 heavy (non-hydrogen) atoms. The highest BCUT2D eigenvalue weighted by atomic mass is 35.5. The second kappa shape index (κ2) is 9.19. The summed E-state index contributed by atoms with van der Waals surface area (Å²) in [6.45, 7) is 1.41. The van der Waals surface area contributed by atoms with Gasteiger partial charge in [0.15, 0.2) is 5.13 Å². The van der Waals surface area contributed by atoms with Gasteiger partial charge in [-0.1, -0.05) is 0 Å². The van der Waals surface area contributed by atoms with Crippen molar-refractivity contribution in [2.24, 2.45) is 5.73 Å². The first kappa shape index (κ1) is 20.1. The minimum atomic E-state index is -0.192. The molecule has 1 aliphatic rings. The number of thiazole rings is 1. The van der Waals surface area contributed by atoms with Crippen molar-refractivity contribution in [3.63, 3.8) is 0 Å². The molecule has 4 N–H and O–H groups in total. The molecule has 120 valence electrons. The number of nitrogens with two attached hydrogens (primary N) is 1. The van der Waals surface area contributed by atoms with Crippen LogP contribution in [0.4, 0.5) is 5.13 Å². The van der Waals surface area contributed by atoms with Crippen molar-refractivity contribution in [2.45, 2.75) is 44.7 Å². The SMILES string of the molecule is CC(=O)Nc1nc(C(=O)NC2CCC(N)CC2)cs1.Cl.Cl. The first-order valence-electron chi connectivity index (χ1n) is 6.34. The topological polar surface area (TPSA) is 97.1 Å². The Kier molecular flexibility index (Phi) is 8.80. The lowest BCUT2D eigenvalue weighted by molar-refractivity contribution is -0.114. The summed E-state index contributed by atoms with van der Waals surface area (Å²) in [6.07, 6.45) is 3.71. The van der Waals surface area contributed by atoms with Crippen molar-refractivity contribution in [3.8, 4) is 0 Å². The van der Waals surface area contributed by atoms with Crippen LogP contribution in [0.5, 0.6) is 0 Å². The second-order valence-corrected chi connectivity index (χ2v) is 5.66. The summed E-state index contributed by atoms with van der Waals surface area (Å²) < 4.78 is 0. The zero-order valence-corrected chi connectivity index (χ0v) is 14.1. The van der Waals surface area contributed by atoms with Gasteiger partial charge in [0, 0.05) is 24.4 Å². The predicted octanol–water partition coefficient (Wildman–Crippen LogP) is 1.94.